The summed E-state index contributed by atoms with van der Waals surface area (Å²) in [6, 6.07) is 4.90. The van der Waals surface area contributed by atoms with E-state index < -0.39 is 0 Å². The molecule has 166 valence electrons. The van der Waals surface area contributed by atoms with Gasteiger partial charge in [-0.15, -0.1) is 0 Å². The third-order valence-electron chi connectivity index (χ3n) is 4.75. The first-order valence-electron chi connectivity index (χ1n) is 9.52. The van der Waals surface area contributed by atoms with Crippen molar-refractivity contribution in [2.45, 2.75) is 6.92 Å². The second kappa shape index (κ2) is 9.21. The fraction of sp³-hybridized carbons (Fsp3) is 0.400. The molecule has 10 nitrogen and oxygen atoms in total. The van der Waals surface area contributed by atoms with Crippen LogP contribution in [0.15, 0.2) is 18.2 Å². The summed E-state index contributed by atoms with van der Waals surface area (Å²) >= 11 is 1.11. The van der Waals surface area contributed by atoms with Gasteiger partial charge in [0.25, 0.3) is 5.91 Å². The molecule has 31 heavy (non-hydrogen) atoms. The summed E-state index contributed by atoms with van der Waals surface area (Å²) in [6.07, 6.45) is 0. The van der Waals surface area contributed by atoms with Crippen LogP contribution in [-0.4, -0.2) is 80.6 Å². The minimum Gasteiger partial charge on any atom is -0.497 e. The smallest absolute Gasteiger partial charge is 0.325 e. The lowest BCUT2D eigenvalue weighted by Gasteiger charge is -2.20. The Kier molecular flexibility index (Phi) is 6.64. The zero-order valence-corrected chi connectivity index (χ0v) is 18.9. The number of methoxy groups -OCH3 is 2. The van der Waals surface area contributed by atoms with Crippen LogP contribution in [-0.2, 0) is 4.79 Å². The molecule has 0 unspecified atom stereocenters. The Bertz CT molecular complexity index is 1010. The van der Waals surface area contributed by atoms with Crippen molar-refractivity contribution in [3.8, 4) is 11.5 Å². The fourth-order valence-corrected chi connectivity index (χ4v) is 4.15. The Morgan fingerprint density at radius 3 is 2.61 bits per heavy atom. The number of carbonyl (C=O) groups excluding carboxylic acids is 3. The molecule has 0 radical (unpaired) electrons. The number of benzene rings is 1. The van der Waals surface area contributed by atoms with Crippen molar-refractivity contribution >= 4 is 40.0 Å². The standard InChI is InChI=1S/C20H25N5O5S/c1-12-17(18(27)23(2)3)31-19(21-12)22-16(26)11-24-8-9-25(20(24)28)14-10-13(29-4)6-7-15(14)30-5/h6-7,10H,8-9,11H2,1-5H3,(H,21,22,26). The van der Waals surface area contributed by atoms with E-state index in [2.05, 4.69) is 10.3 Å². The van der Waals surface area contributed by atoms with Gasteiger partial charge in [0.2, 0.25) is 5.91 Å². The molecule has 1 fully saturated rings. The SMILES string of the molecule is COc1ccc(OC)c(N2CCN(CC(=O)Nc3nc(C)c(C(=O)N(C)C)s3)C2=O)c1. The highest BCUT2D eigenvalue weighted by atomic mass is 32.1. The van der Waals surface area contributed by atoms with Crippen molar-refractivity contribution in [1.29, 1.82) is 0 Å². The number of ether oxygens (including phenoxy) is 2. The Morgan fingerprint density at radius 1 is 1.23 bits per heavy atom. The minimum atomic E-state index is -0.384. The summed E-state index contributed by atoms with van der Waals surface area (Å²) < 4.78 is 10.6. The van der Waals surface area contributed by atoms with Crippen molar-refractivity contribution in [3.63, 3.8) is 0 Å². The van der Waals surface area contributed by atoms with Crippen molar-refractivity contribution in [2.24, 2.45) is 0 Å². The molecule has 11 heteroatoms. The van der Waals surface area contributed by atoms with Crippen LogP contribution in [0.5, 0.6) is 11.5 Å². The summed E-state index contributed by atoms with van der Waals surface area (Å²) in [5.41, 5.74) is 1.13. The molecule has 1 saturated heterocycles. The molecule has 1 aliphatic rings. The van der Waals surface area contributed by atoms with Gasteiger partial charge < -0.3 is 24.6 Å². The van der Waals surface area contributed by atoms with Gasteiger partial charge >= 0.3 is 6.03 Å². The molecule has 1 N–H and O–H groups in total. The lowest BCUT2D eigenvalue weighted by atomic mass is 10.2. The molecule has 1 aromatic carbocycles. The Hall–Kier alpha value is -3.34. The molecule has 3 rings (SSSR count). The van der Waals surface area contributed by atoms with E-state index in [4.69, 9.17) is 9.47 Å². The Morgan fingerprint density at radius 2 is 1.97 bits per heavy atom. The van der Waals surface area contributed by atoms with Gasteiger partial charge in [-0.1, -0.05) is 11.3 Å². The van der Waals surface area contributed by atoms with Crippen molar-refractivity contribution in [2.75, 3.05) is 58.2 Å². The van der Waals surface area contributed by atoms with Gasteiger partial charge in [-0.2, -0.15) is 0 Å². The van der Waals surface area contributed by atoms with E-state index in [9.17, 15) is 14.4 Å². The number of urea groups is 1. The molecule has 0 bridgehead atoms. The van der Waals surface area contributed by atoms with Crippen LogP contribution >= 0.6 is 11.3 Å². The average Bonchev–Trinajstić information content (AvgIpc) is 3.28. The number of nitrogens with zero attached hydrogens (tertiary/aromatic N) is 4. The van der Waals surface area contributed by atoms with Crippen molar-refractivity contribution in [1.82, 2.24) is 14.8 Å². The second-order valence-corrected chi connectivity index (χ2v) is 8.07. The number of aryl methyl sites for hydroxylation is 1. The first kappa shape index (κ1) is 22.3. The zero-order valence-electron chi connectivity index (χ0n) is 18.1. The lowest BCUT2D eigenvalue weighted by molar-refractivity contribution is -0.116. The summed E-state index contributed by atoms with van der Waals surface area (Å²) in [5.74, 6) is 0.581. The van der Waals surface area contributed by atoms with Crippen LogP contribution < -0.4 is 19.7 Å². The van der Waals surface area contributed by atoms with Gasteiger partial charge in [0.05, 0.1) is 25.6 Å². The topological polar surface area (TPSA) is 104 Å². The normalized spacial score (nSPS) is 13.4. The fourth-order valence-electron chi connectivity index (χ4n) is 3.14. The largest absolute Gasteiger partial charge is 0.497 e. The highest BCUT2D eigenvalue weighted by molar-refractivity contribution is 7.17. The molecule has 2 heterocycles. The highest BCUT2D eigenvalue weighted by Crippen LogP contribution is 2.34. The van der Waals surface area contributed by atoms with E-state index in [0.717, 1.165) is 11.3 Å². The van der Waals surface area contributed by atoms with Gasteiger partial charge in [-0.3, -0.25) is 14.5 Å². The number of hydrogen-bond donors (Lipinski definition) is 1. The molecule has 1 aliphatic heterocycles. The number of rotatable bonds is 7. The van der Waals surface area contributed by atoms with Gasteiger partial charge in [-0.05, 0) is 19.1 Å². The number of amides is 4. The van der Waals surface area contributed by atoms with E-state index in [1.54, 1.807) is 51.2 Å². The number of anilines is 2. The van der Waals surface area contributed by atoms with Crippen LogP contribution in [0.4, 0.5) is 15.6 Å². The number of aromatic nitrogens is 1. The van der Waals surface area contributed by atoms with Crippen LogP contribution in [0, 0.1) is 6.92 Å². The Labute approximate surface area is 184 Å². The number of hydrogen-bond acceptors (Lipinski definition) is 7. The zero-order chi connectivity index (χ0) is 22.7. The third kappa shape index (κ3) is 4.71. The van der Waals surface area contributed by atoms with Crippen LogP contribution in [0.25, 0.3) is 0 Å². The Balaban J connectivity index is 1.67. The molecule has 0 atom stereocenters. The van der Waals surface area contributed by atoms with Gasteiger partial charge in [0.1, 0.15) is 22.9 Å². The maximum absolute atomic E-state index is 12.9. The predicted octanol–water partition coefficient (Wildman–Crippen LogP) is 2.05. The average molecular weight is 448 g/mol. The minimum absolute atomic E-state index is 0.128. The van der Waals surface area contributed by atoms with Crippen molar-refractivity contribution in [3.05, 3.63) is 28.8 Å². The molecular weight excluding hydrogens is 422 g/mol. The number of carbonyl (C=O) groups is 3. The van der Waals surface area contributed by atoms with Crippen molar-refractivity contribution < 1.29 is 23.9 Å². The van der Waals surface area contributed by atoms with Crippen LogP contribution in [0.3, 0.4) is 0 Å². The molecule has 1 aromatic heterocycles. The van der Waals surface area contributed by atoms with E-state index in [1.165, 1.54) is 16.9 Å². The molecule has 0 aliphatic carbocycles. The molecule has 0 spiro atoms. The lowest BCUT2D eigenvalue weighted by Crippen LogP contribution is -2.37. The van der Waals surface area contributed by atoms with E-state index in [0.29, 0.717) is 46.0 Å². The molecule has 2 aromatic rings. The predicted molar refractivity (Wildman–Crippen MR) is 117 cm³/mol. The van der Waals surface area contributed by atoms with Gasteiger partial charge in [0.15, 0.2) is 5.13 Å². The number of nitrogens with one attached hydrogen (secondary N) is 1. The quantitative estimate of drug-likeness (QED) is 0.697. The second-order valence-electron chi connectivity index (χ2n) is 7.07. The highest BCUT2D eigenvalue weighted by Gasteiger charge is 2.33. The van der Waals surface area contributed by atoms with Gasteiger partial charge in [-0.25, -0.2) is 9.78 Å². The first-order chi connectivity index (χ1) is 14.7. The van der Waals surface area contributed by atoms with E-state index >= 15 is 0 Å². The summed E-state index contributed by atoms with van der Waals surface area (Å²) in [6.45, 7) is 2.38. The maximum Gasteiger partial charge on any atom is 0.325 e. The van der Waals surface area contributed by atoms with Crippen LogP contribution in [0.2, 0.25) is 0 Å². The van der Waals surface area contributed by atoms with Gasteiger partial charge in [0, 0.05) is 33.3 Å². The first-order valence-corrected chi connectivity index (χ1v) is 10.3. The number of thiazole rings is 1. The molecular formula is C20H25N5O5S. The van der Waals surface area contributed by atoms with E-state index in [-0.39, 0.29) is 24.4 Å². The summed E-state index contributed by atoms with van der Waals surface area (Å²) in [4.78, 5) is 46.7. The summed E-state index contributed by atoms with van der Waals surface area (Å²) in [5, 5.41) is 3.01. The monoisotopic (exact) mass is 447 g/mol. The maximum atomic E-state index is 12.9. The molecule has 0 saturated carbocycles. The van der Waals surface area contributed by atoms with Crippen LogP contribution in [0.1, 0.15) is 15.4 Å². The summed E-state index contributed by atoms with van der Waals surface area (Å²) in [7, 11) is 6.39. The third-order valence-corrected chi connectivity index (χ3v) is 5.81. The molecule has 4 amide bonds. The van der Waals surface area contributed by atoms with E-state index in [1.807, 2.05) is 0 Å².